The van der Waals surface area contributed by atoms with Crippen molar-refractivity contribution in [2.24, 2.45) is 0 Å². The molecule has 29 heavy (non-hydrogen) atoms. The number of nitrogens with zero attached hydrogens (tertiary/aromatic N) is 1. The number of benzene rings is 2. The highest BCUT2D eigenvalue weighted by molar-refractivity contribution is 5.89. The number of aromatic amines is 1. The molecule has 4 aromatic rings. The Labute approximate surface area is 170 Å². The van der Waals surface area contributed by atoms with Gasteiger partial charge in [-0.3, -0.25) is 4.98 Å². The standard InChI is InChI=1S/C24H24N4O/c1-2-17-9-11-19(12-10-17)28-24(29)27-15-21(18-6-5-13-25-14-18)22-16-26-23-8-4-3-7-20(22)23/h3-14,16,21,26H,2,15H2,1H3,(H2,27,28,29)/t21-/m0/s1. The Morgan fingerprint density at radius 3 is 2.66 bits per heavy atom. The number of amides is 2. The van der Waals surface area contributed by atoms with E-state index in [1.165, 1.54) is 5.56 Å². The molecule has 0 aliphatic rings. The Balaban J connectivity index is 1.52. The van der Waals surface area contributed by atoms with Crippen LogP contribution in [-0.4, -0.2) is 22.5 Å². The molecule has 5 heteroatoms. The third-order valence-electron chi connectivity index (χ3n) is 5.17. The molecule has 1 atom stereocenters. The zero-order valence-corrected chi connectivity index (χ0v) is 16.4. The van der Waals surface area contributed by atoms with Gasteiger partial charge in [-0.05, 0) is 47.4 Å². The maximum Gasteiger partial charge on any atom is 0.319 e. The molecule has 0 spiro atoms. The Hall–Kier alpha value is -3.60. The van der Waals surface area contributed by atoms with Crippen molar-refractivity contribution in [1.29, 1.82) is 0 Å². The van der Waals surface area contributed by atoms with E-state index in [0.717, 1.165) is 34.1 Å². The summed E-state index contributed by atoms with van der Waals surface area (Å²) in [6.45, 7) is 2.57. The van der Waals surface area contributed by atoms with Gasteiger partial charge in [-0.25, -0.2) is 4.79 Å². The molecule has 0 bridgehead atoms. The molecule has 3 N–H and O–H groups in total. The average Bonchev–Trinajstić information content (AvgIpc) is 3.19. The summed E-state index contributed by atoms with van der Waals surface area (Å²) in [5.41, 5.74) is 5.31. The molecule has 146 valence electrons. The van der Waals surface area contributed by atoms with E-state index in [0.29, 0.717) is 6.54 Å². The molecule has 2 aromatic carbocycles. The molecule has 0 unspecified atom stereocenters. The first-order chi connectivity index (χ1) is 14.2. The van der Waals surface area contributed by atoms with Crippen molar-refractivity contribution in [2.45, 2.75) is 19.3 Å². The number of hydrogen-bond acceptors (Lipinski definition) is 2. The number of carbonyl (C=O) groups excluding carboxylic acids is 1. The van der Waals surface area contributed by atoms with Crippen LogP contribution in [0.2, 0.25) is 0 Å². The highest BCUT2D eigenvalue weighted by atomic mass is 16.2. The summed E-state index contributed by atoms with van der Waals surface area (Å²) < 4.78 is 0. The molecular weight excluding hydrogens is 360 g/mol. The molecule has 0 radical (unpaired) electrons. The number of para-hydroxylation sites is 1. The van der Waals surface area contributed by atoms with Gasteiger partial charge in [-0.1, -0.05) is 43.3 Å². The molecule has 4 rings (SSSR count). The predicted molar refractivity (Wildman–Crippen MR) is 117 cm³/mol. The molecule has 0 aliphatic carbocycles. The van der Waals surface area contributed by atoms with Gasteiger partial charge in [0.15, 0.2) is 0 Å². The summed E-state index contributed by atoms with van der Waals surface area (Å²) in [6.07, 6.45) is 6.61. The first-order valence-electron chi connectivity index (χ1n) is 9.84. The minimum Gasteiger partial charge on any atom is -0.361 e. The highest BCUT2D eigenvalue weighted by Gasteiger charge is 2.19. The Bertz CT molecular complexity index is 1090. The lowest BCUT2D eigenvalue weighted by Crippen LogP contribution is -2.32. The van der Waals surface area contributed by atoms with Gasteiger partial charge in [0, 0.05) is 47.6 Å². The number of aromatic nitrogens is 2. The quantitative estimate of drug-likeness (QED) is 0.434. The van der Waals surface area contributed by atoms with Crippen LogP contribution < -0.4 is 10.6 Å². The van der Waals surface area contributed by atoms with E-state index < -0.39 is 0 Å². The number of pyridine rings is 1. The van der Waals surface area contributed by atoms with E-state index >= 15 is 0 Å². The molecular formula is C24H24N4O. The van der Waals surface area contributed by atoms with Crippen LogP contribution in [0.3, 0.4) is 0 Å². The van der Waals surface area contributed by atoms with Gasteiger partial charge in [0.25, 0.3) is 0 Å². The third-order valence-corrected chi connectivity index (χ3v) is 5.17. The van der Waals surface area contributed by atoms with Crippen LogP contribution >= 0.6 is 0 Å². The summed E-state index contributed by atoms with van der Waals surface area (Å²) in [5, 5.41) is 7.08. The Morgan fingerprint density at radius 1 is 1.07 bits per heavy atom. The normalized spacial score (nSPS) is 11.9. The van der Waals surface area contributed by atoms with Crippen LogP contribution in [0.4, 0.5) is 10.5 Å². The summed E-state index contributed by atoms with van der Waals surface area (Å²) in [6, 6.07) is 19.8. The van der Waals surface area contributed by atoms with E-state index in [2.05, 4.69) is 39.7 Å². The van der Waals surface area contributed by atoms with Crippen LogP contribution in [0.25, 0.3) is 10.9 Å². The van der Waals surface area contributed by atoms with Crippen LogP contribution in [-0.2, 0) is 6.42 Å². The number of hydrogen-bond donors (Lipinski definition) is 3. The number of aryl methyl sites for hydroxylation is 1. The molecule has 2 aromatic heterocycles. The van der Waals surface area contributed by atoms with E-state index in [1.54, 1.807) is 6.20 Å². The molecule has 0 aliphatic heterocycles. The van der Waals surface area contributed by atoms with Gasteiger partial charge >= 0.3 is 6.03 Å². The topological polar surface area (TPSA) is 69.8 Å². The van der Waals surface area contributed by atoms with Crippen molar-refractivity contribution in [3.63, 3.8) is 0 Å². The molecule has 0 saturated carbocycles. The fourth-order valence-corrected chi connectivity index (χ4v) is 3.57. The van der Waals surface area contributed by atoms with Gasteiger partial charge in [-0.15, -0.1) is 0 Å². The Morgan fingerprint density at radius 2 is 1.90 bits per heavy atom. The number of rotatable bonds is 6. The van der Waals surface area contributed by atoms with Crippen molar-refractivity contribution < 1.29 is 4.79 Å². The lowest BCUT2D eigenvalue weighted by atomic mass is 9.92. The fourth-order valence-electron chi connectivity index (χ4n) is 3.57. The number of nitrogens with one attached hydrogen (secondary N) is 3. The average molecular weight is 384 g/mol. The number of urea groups is 1. The first kappa shape index (κ1) is 18.7. The van der Waals surface area contributed by atoms with E-state index in [4.69, 9.17) is 0 Å². The van der Waals surface area contributed by atoms with Gasteiger partial charge < -0.3 is 15.6 Å². The molecule has 2 amide bonds. The minimum absolute atomic E-state index is 0.00642. The maximum absolute atomic E-state index is 12.5. The zero-order valence-electron chi connectivity index (χ0n) is 16.4. The molecule has 2 heterocycles. The minimum atomic E-state index is -0.219. The van der Waals surface area contributed by atoms with Gasteiger partial charge in [0.1, 0.15) is 0 Å². The number of H-pyrrole nitrogens is 1. The second kappa shape index (κ2) is 8.61. The predicted octanol–water partition coefficient (Wildman–Crippen LogP) is 5.08. The Kier molecular flexibility index (Phi) is 5.56. The van der Waals surface area contributed by atoms with Gasteiger partial charge in [-0.2, -0.15) is 0 Å². The molecule has 0 saturated heterocycles. The number of anilines is 1. The lowest BCUT2D eigenvalue weighted by Gasteiger charge is -2.18. The monoisotopic (exact) mass is 384 g/mol. The van der Waals surface area contributed by atoms with Gasteiger partial charge in [0.2, 0.25) is 0 Å². The van der Waals surface area contributed by atoms with E-state index in [9.17, 15) is 4.79 Å². The summed E-state index contributed by atoms with van der Waals surface area (Å²) in [5.74, 6) is -0.00642. The SMILES string of the molecule is CCc1ccc(NC(=O)NC[C@@H](c2cccnc2)c2c[nH]c3ccccc23)cc1. The van der Waals surface area contributed by atoms with Crippen LogP contribution in [0.1, 0.15) is 29.5 Å². The zero-order chi connectivity index (χ0) is 20.1. The lowest BCUT2D eigenvalue weighted by molar-refractivity contribution is 0.252. The summed E-state index contributed by atoms with van der Waals surface area (Å²) >= 11 is 0. The number of carbonyl (C=O) groups is 1. The van der Waals surface area contributed by atoms with E-state index in [1.807, 2.05) is 60.9 Å². The first-order valence-corrected chi connectivity index (χ1v) is 9.84. The molecule has 5 nitrogen and oxygen atoms in total. The van der Waals surface area contributed by atoms with Crippen molar-refractivity contribution in [3.8, 4) is 0 Å². The van der Waals surface area contributed by atoms with Crippen molar-refractivity contribution >= 4 is 22.6 Å². The second-order valence-corrected chi connectivity index (χ2v) is 7.01. The van der Waals surface area contributed by atoms with Crippen LogP contribution in [0.5, 0.6) is 0 Å². The fraction of sp³-hybridized carbons (Fsp3) is 0.167. The smallest absolute Gasteiger partial charge is 0.319 e. The van der Waals surface area contributed by atoms with Crippen molar-refractivity contribution in [3.05, 3.63) is 95.9 Å². The van der Waals surface area contributed by atoms with Crippen LogP contribution in [0, 0.1) is 0 Å². The van der Waals surface area contributed by atoms with Gasteiger partial charge in [0.05, 0.1) is 0 Å². The van der Waals surface area contributed by atoms with E-state index in [-0.39, 0.29) is 11.9 Å². The second-order valence-electron chi connectivity index (χ2n) is 7.01. The van der Waals surface area contributed by atoms with Crippen LogP contribution in [0.15, 0.2) is 79.3 Å². The summed E-state index contributed by atoms with van der Waals surface area (Å²) in [4.78, 5) is 20.1. The largest absolute Gasteiger partial charge is 0.361 e. The molecule has 0 fully saturated rings. The van der Waals surface area contributed by atoms with Crippen molar-refractivity contribution in [2.75, 3.05) is 11.9 Å². The highest BCUT2D eigenvalue weighted by Crippen LogP contribution is 2.30. The third kappa shape index (κ3) is 4.29. The maximum atomic E-state index is 12.5. The van der Waals surface area contributed by atoms with Crippen molar-refractivity contribution in [1.82, 2.24) is 15.3 Å². The summed E-state index contributed by atoms with van der Waals surface area (Å²) in [7, 11) is 0. The number of fused-ring (bicyclic) bond motifs is 1.